The van der Waals surface area contributed by atoms with E-state index in [-0.39, 0.29) is 5.56 Å². The zero-order valence-corrected chi connectivity index (χ0v) is 14.2. The van der Waals surface area contributed by atoms with E-state index < -0.39 is 0 Å². The molecule has 1 aromatic carbocycles. The quantitative estimate of drug-likeness (QED) is 0.607. The molecule has 0 atom stereocenters. The van der Waals surface area contributed by atoms with E-state index >= 15 is 0 Å². The van der Waals surface area contributed by atoms with Crippen LogP contribution in [0.3, 0.4) is 0 Å². The number of thiophene rings is 1. The van der Waals surface area contributed by atoms with Crippen LogP contribution in [-0.2, 0) is 0 Å². The number of halogens is 2. The molecule has 7 heteroatoms. The van der Waals surface area contributed by atoms with Crippen LogP contribution in [0.1, 0.15) is 5.56 Å². The van der Waals surface area contributed by atoms with Crippen molar-refractivity contribution in [1.82, 2.24) is 9.55 Å². The monoisotopic (exact) mass is 386 g/mol. The smallest absolute Gasteiger partial charge is 0.276 e. The van der Waals surface area contributed by atoms with Gasteiger partial charge in [-0.1, -0.05) is 11.6 Å². The molecule has 102 valence electrons. The topological polar surface area (TPSA) is 37.8 Å². The lowest BCUT2D eigenvalue weighted by Gasteiger charge is -2.10. The first kappa shape index (κ1) is 14.0. The molecule has 3 rings (SSSR count). The third-order valence-corrected chi connectivity index (χ3v) is 5.21. The van der Waals surface area contributed by atoms with E-state index in [4.69, 9.17) is 23.8 Å². The van der Waals surface area contributed by atoms with Gasteiger partial charge in [0.25, 0.3) is 5.56 Å². The van der Waals surface area contributed by atoms with Crippen LogP contribution in [0.5, 0.6) is 0 Å². The molecule has 3 aromatic rings. The first-order valence-corrected chi connectivity index (χ1v) is 8.13. The van der Waals surface area contributed by atoms with Crippen LogP contribution in [0, 0.1) is 11.7 Å². The summed E-state index contributed by atoms with van der Waals surface area (Å²) >= 11 is 16.3. The van der Waals surface area contributed by atoms with Crippen molar-refractivity contribution in [3.8, 4) is 5.69 Å². The lowest BCUT2D eigenvalue weighted by Crippen LogP contribution is -2.20. The van der Waals surface area contributed by atoms with Gasteiger partial charge in [0.05, 0.1) is 11.2 Å². The van der Waals surface area contributed by atoms with Crippen LogP contribution < -0.4 is 5.56 Å². The Kier molecular flexibility index (Phi) is 3.58. The average molecular weight is 388 g/mol. The van der Waals surface area contributed by atoms with Gasteiger partial charge in [0.2, 0.25) is 0 Å². The lowest BCUT2D eigenvalue weighted by atomic mass is 10.2. The highest BCUT2D eigenvalue weighted by molar-refractivity contribution is 9.10. The Bertz CT molecular complexity index is 942. The number of fused-ring (bicyclic) bond motifs is 1. The van der Waals surface area contributed by atoms with E-state index in [9.17, 15) is 4.79 Å². The van der Waals surface area contributed by atoms with Crippen LogP contribution in [0.15, 0.2) is 32.8 Å². The molecule has 0 bridgehead atoms. The molecular formula is C13H8BrClN2OS2. The molecule has 0 fully saturated rings. The summed E-state index contributed by atoms with van der Waals surface area (Å²) < 4.78 is 3.23. The Morgan fingerprint density at radius 1 is 1.45 bits per heavy atom. The van der Waals surface area contributed by atoms with Crippen LogP contribution >= 0.6 is 51.1 Å². The second-order valence-corrected chi connectivity index (χ2v) is 6.85. The molecule has 2 aromatic heterocycles. The van der Waals surface area contributed by atoms with E-state index in [2.05, 4.69) is 20.9 Å². The summed E-state index contributed by atoms with van der Waals surface area (Å²) in [4.78, 5) is 15.6. The average Bonchev–Trinajstić information content (AvgIpc) is 2.83. The molecule has 1 N–H and O–H groups in total. The van der Waals surface area contributed by atoms with Crippen molar-refractivity contribution in [3.63, 3.8) is 0 Å². The number of nitrogens with one attached hydrogen (secondary N) is 1. The lowest BCUT2D eigenvalue weighted by molar-refractivity contribution is 0.937. The SMILES string of the molecule is Cc1cc(Br)c(-n2c(=S)[nH]c3ccsc3c2=O)cc1Cl. The van der Waals surface area contributed by atoms with Crippen molar-refractivity contribution in [3.05, 3.63) is 53.8 Å². The van der Waals surface area contributed by atoms with Crippen molar-refractivity contribution in [2.45, 2.75) is 6.92 Å². The summed E-state index contributed by atoms with van der Waals surface area (Å²) in [6.07, 6.45) is 0. The number of nitrogens with zero attached hydrogens (tertiary/aromatic N) is 1. The zero-order valence-electron chi connectivity index (χ0n) is 10.2. The minimum absolute atomic E-state index is 0.139. The van der Waals surface area contributed by atoms with Gasteiger partial charge in [-0.2, -0.15) is 0 Å². The van der Waals surface area contributed by atoms with Gasteiger partial charge in [-0.25, -0.2) is 0 Å². The van der Waals surface area contributed by atoms with Gasteiger partial charge in [0.1, 0.15) is 4.70 Å². The summed E-state index contributed by atoms with van der Waals surface area (Å²) in [5.74, 6) is 0. The number of hydrogen-bond acceptors (Lipinski definition) is 3. The second kappa shape index (κ2) is 5.11. The van der Waals surface area contributed by atoms with Gasteiger partial charge >= 0.3 is 0 Å². The molecule has 0 aliphatic rings. The van der Waals surface area contributed by atoms with Crippen molar-refractivity contribution in [2.75, 3.05) is 0 Å². The second-order valence-electron chi connectivity index (χ2n) is 4.29. The van der Waals surface area contributed by atoms with Crippen molar-refractivity contribution >= 4 is 61.3 Å². The van der Waals surface area contributed by atoms with Gasteiger partial charge in [-0.15, -0.1) is 11.3 Å². The van der Waals surface area contributed by atoms with E-state index in [1.165, 1.54) is 15.9 Å². The van der Waals surface area contributed by atoms with Crippen LogP contribution in [0.4, 0.5) is 0 Å². The van der Waals surface area contributed by atoms with Gasteiger partial charge in [0, 0.05) is 9.50 Å². The molecule has 0 spiro atoms. The number of hydrogen-bond donors (Lipinski definition) is 1. The molecule has 3 nitrogen and oxygen atoms in total. The number of aryl methyl sites for hydroxylation is 1. The molecule has 0 saturated carbocycles. The van der Waals surface area contributed by atoms with Gasteiger partial charge in [0.15, 0.2) is 4.77 Å². The maximum atomic E-state index is 12.6. The van der Waals surface area contributed by atoms with Crippen LogP contribution in [0.25, 0.3) is 15.9 Å². The molecule has 2 heterocycles. The number of rotatable bonds is 1. The maximum absolute atomic E-state index is 12.6. The molecule has 0 saturated heterocycles. The highest BCUT2D eigenvalue weighted by Crippen LogP contribution is 2.28. The Hall–Kier alpha value is -0.950. The summed E-state index contributed by atoms with van der Waals surface area (Å²) in [6.45, 7) is 1.91. The number of H-pyrrole nitrogens is 1. The highest BCUT2D eigenvalue weighted by Gasteiger charge is 2.12. The summed E-state index contributed by atoms with van der Waals surface area (Å²) in [5.41, 5.74) is 2.19. The number of benzene rings is 1. The minimum atomic E-state index is -0.139. The number of aromatic nitrogens is 2. The van der Waals surface area contributed by atoms with Gasteiger partial charge in [-0.05, 0) is 64.2 Å². The summed E-state index contributed by atoms with van der Waals surface area (Å²) in [5, 5.41) is 2.45. The third-order valence-electron chi connectivity index (χ3n) is 2.98. The van der Waals surface area contributed by atoms with E-state index in [1.54, 1.807) is 6.07 Å². The third kappa shape index (κ3) is 2.16. The zero-order chi connectivity index (χ0) is 14.4. The Balaban J connectivity index is 2.44. The first-order valence-electron chi connectivity index (χ1n) is 5.67. The molecule has 0 unspecified atom stereocenters. The van der Waals surface area contributed by atoms with Gasteiger partial charge in [-0.3, -0.25) is 9.36 Å². The Morgan fingerprint density at radius 2 is 2.20 bits per heavy atom. The van der Waals surface area contributed by atoms with Crippen LogP contribution in [0.2, 0.25) is 5.02 Å². The normalized spacial score (nSPS) is 11.2. The molecule has 20 heavy (non-hydrogen) atoms. The number of aromatic amines is 1. The fourth-order valence-corrected chi connectivity index (χ4v) is 3.83. The maximum Gasteiger partial charge on any atom is 0.276 e. The highest BCUT2D eigenvalue weighted by atomic mass is 79.9. The fourth-order valence-electron chi connectivity index (χ4n) is 1.96. The first-order chi connectivity index (χ1) is 9.49. The van der Waals surface area contributed by atoms with Crippen molar-refractivity contribution in [2.24, 2.45) is 0 Å². The van der Waals surface area contributed by atoms with Crippen molar-refractivity contribution in [1.29, 1.82) is 0 Å². The predicted molar refractivity (Wildman–Crippen MR) is 90.1 cm³/mol. The van der Waals surface area contributed by atoms with Gasteiger partial charge < -0.3 is 4.98 Å². The molecule has 0 aliphatic carbocycles. The fraction of sp³-hybridized carbons (Fsp3) is 0.0769. The Labute approximate surface area is 137 Å². The molecule has 0 aliphatic heterocycles. The Morgan fingerprint density at radius 3 is 2.95 bits per heavy atom. The summed E-state index contributed by atoms with van der Waals surface area (Å²) in [6, 6.07) is 5.46. The predicted octanol–water partition coefficient (Wildman–Crippen LogP) is 4.83. The van der Waals surface area contributed by atoms with E-state index in [0.717, 1.165) is 15.6 Å². The molecular weight excluding hydrogens is 380 g/mol. The van der Waals surface area contributed by atoms with E-state index in [0.29, 0.717) is 20.2 Å². The minimum Gasteiger partial charge on any atom is -0.331 e. The standard InChI is InChI=1S/C13H8BrClN2OS2/c1-6-4-7(14)10(5-8(6)15)17-12(18)11-9(2-3-20-11)16-13(17)19/h2-5H,1H3,(H,16,19). The van der Waals surface area contributed by atoms with Crippen molar-refractivity contribution < 1.29 is 0 Å². The molecule has 0 radical (unpaired) electrons. The molecule has 0 amide bonds. The van der Waals surface area contributed by atoms with Crippen LogP contribution in [-0.4, -0.2) is 9.55 Å². The largest absolute Gasteiger partial charge is 0.331 e. The summed E-state index contributed by atoms with van der Waals surface area (Å²) in [7, 11) is 0. The van der Waals surface area contributed by atoms with E-state index in [1.807, 2.05) is 24.4 Å².